The lowest BCUT2D eigenvalue weighted by atomic mass is 9.68. The van der Waals surface area contributed by atoms with E-state index in [9.17, 15) is 4.79 Å². The molecule has 1 aliphatic carbocycles. The third-order valence-electron chi connectivity index (χ3n) is 8.50. The lowest BCUT2D eigenvalue weighted by Crippen LogP contribution is -2.60. The first-order valence-electron chi connectivity index (χ1n) is 12.6. The van der Waals surface area contributed by atoms with E-state index in [0.29, 0.717) is 24.5 Å². The van der Waals surface area contributed by atoms with E-state index in [1.807, 2.05) is 12.1 Å². The molecule has 0 radical (unpaired) electrons. The van der Waals surface area contributed by atoms with Gasteiger partial charge in [-0.3, -0.25) is 9.69 Å². The first kappa shape index (κ1) is 20.5. The number of rotatable bonds is 4. The highest BCUT2D eigenvalue weighted by atomic mass is 16.5. The van der Waals surface area contributed by atoms with Crippen LogP contribution in [0.1, 0.15) is 48.9 Å². The molecular formula is C27H35N3O2. The Hall–Kier alpha value is -2.11. The Kier molecular flexibility index (Phi) is 5.34. The molecule has 0 N–H and O–H groups in total. The Morgan fingerprint density at radius 3 is 3.00 bits per heavy atom. The molecule has 1 aromatic carbocycles. The Balaban J connectivity index is 1.32. The molecule has 3 aliphatic heterocycles. The van der Waals surface area contributed by atoms with Crippen molar-refractivity contribution in [3.63, 3.8) is 0 Å². The molecule has 1 amide bonds. The van der Waals surface area contributed by atoms with Crippen molar-refractivity contribution >= 4 is 16.8 Å². The summed E-state index contributed by atoms with van der Waals surface area (Å²) in [5, 5.41) is 1.07. The van der Waals surface area contributed by atoms with Crippen molar-refractivity contribution in [1.29, 1.82) is 0 Å². The predicted molar refractivity (Wildman–Crippen MR) is 127 cm³/mol. The van der Waals surface area contributed by atoms with Gasteiger partial charge in [0.05, 0.1) is 12.6 Å². The highest BCUT2D eigenvalue weighted by Gasteiger charge is 2.47. The molecule has 0 saturated carbocycles. The number of amides is 1. The fourth-order valence-electron chi connectivity index (χ4n) is 7.15. The maximum absolute atomic E-state index is 14.0. The van der Waals surface area contributed by atoms with E-state index >= 15 is 0 Å². The Morgan fingerprint density at radius 1 is 1.16 bits per heavy atom. The second-order valence-electron chi connectivity index (χ2n) is 10.2. The lowest BCUT2D eigenvalue weighted by Gasteiger charge is -2.54. The largest absolute Gasteiger partial charge is 0.383 e. The Labute approximate surface area is 191 Å². The van der Waals surface area contributed by atoms with Gasteiger partial charge in [-0.05, 0) is 68.7 Å². The molecule has 4 atom stereocenters. The van der Waals surface area contributed by atoms with Gasteiger partial charge in [0, 0.05) is 55.4 Å². The lowest BCUT2D eigenvalue weighted by molar-refractivity contribution is 0.00153. The summed E-state index contributed by atoms with van der Waals surface area (Å²) < 4.78 is 7.46. The van der Waals surface area contributed by atoms with Crippen LogP contribution in [0.5, 0.6) is 0 Å². The minimum absolute atomic E-state index is 0.218. The molecule has 4 aliphatic rings. The van der Waals surface area contributed by atoms with Gasteiger partial charge in [0.1, 0.15) is 0 Å². The Morgan fingerprint density at radius 2 is 2.09 bits per heavy atom. The number of benzene rings is 1. The van der Waals surface area contributed by atoms with Crippen molar-refractivity contribution in [2.45, 2.75) is 57.2 Å². The summed E-state index contributed by atoms with van der Waals surface area (Å²) in [5.41, 5.74) is 3.54. The monoisotopic (exact) mass is 433 g/mol. The van der Waals surface area contributed by atoms with Crippen LogP contribution in [0.2, 0.25) is 0 Å². The van der Waals surface area contributed by atoms with Crippen LogP contribution in [0.15, 0.2) is 42.1 Å². The van der Waals surface area contributed by atoms with Crippen LogP contribution in [-0.4, -0.2) is 65.7 Å². The third kappa shape index (κ3) is 3.32. The molecule has 4 heterocycles. The Bertz CT molecular complexity index is 1040. The van der Waals surface area contributed by atoms with Gasteiger partial charge in [0.2, 0.25) is 0 Å². The number of hydrogen-bond donors (Lipinski definition) is 0. The molecule has 32 heavy (non-hydrogen) atoms. The van der Waals surface area contributed by atoms with E-state index in [2.05, 4.69) is 38.8 Å². The second-order valence-corrected chi connectivity index (χ2v) is 10.2. The molecular weight excluding hydrogens is 398 g/mol. The summed E-state index contributed by atoms with van der Waals surface area (Å²) in [7, 11) is 1.73. The van der Waals surface area contributed by atoms with Gasteiger partial charge >= 0.3 is 0 Å². The second kappa shape index (κ2) is 8.35. The highest BCUT2D eigenvalue weighted by Crippen LogP contribution is 2.45. The predicted octanol–water partition coefficient (Wildman–Crippen LogP) is 4.32. The van der Waals surface area contributed by atoms with E-state index < -0.39 is 0 Å². The van der Waals surface area contributed by atoms with Crippen LogP contribution in [-0.2, 0) is 11.3 Å². The zero-order valence-corrected chi connectivity index (χ0v) is 19.2. The summed E-state index contributed by atoms with van der Waals surface area (Å²) >= 11 is 0. The number of fused-ring (bicyclic) bond motifs is 7. The van der Waals surface area contributed by atoms with Crippen molar-refractivity contribution in [2.75, 3.05) is 33.4 Å². The van der Waals surface area contributed by atoms with Crippen LogP contribution in [0, 0.1) is 11.8 Å². The zero-order chi connectivity index (χ0) is 21.7. The van der Waals surface area contributed by atoms with Crippen LogP contribution in [0.25, 0.3) is 10.9 Å². The summed E-state index contributed by atoms with van der Waals surface area (Å²) in [5.74, 6) is 1.51. The summed E-state index contributed by atoms with van der Waals surface area (Å²) in [6, 6.07) is 9.33. The molecule has 5 heteroatoms. The van der Waals surface area contributed by atoms with Crippen LogP contribution < -0.4 is 0 Å². The zero-order valence-electron chi connectivity index (χ0n) is 19.2. The number of piperidine rings is 3. The number of methoxy groups -OCH3 is 1. The van der Waals surface area contributed by atoms with Gasteiger partial charge < -0.3 is 14.2 Å². The average Bonchev–Trinajstić information content (AvgIpc) is 3.25. The number of likely N-dealkylation sites (tertiary alicyclic amines) is 1. The molecule has 6 rings (SSSR count). The van der Waals surface area contributed by atoms with Crippen molar-refractivity contribution in [3.8, 4) is 0 Å². The fourth-order valence-corrected chi connectivity index (χ4v) is 7.15. The number of carbonyl (C=O) groups excluding carboxylic acids is 1. The van der Waals surface area contributed by atoms with Crippen molar-refractivity contribution < 1.29 is 9.53 Å². The first-order chi connectivity index (χ1) is 15.7. The normalized spacial score (nSPS) is 30.0. The van der Waals surface area contributed by atoms with E-state index in [4.69, 9.17) is 4.74 Å². The van der Waals surface area contributed by atoms with Gasteiger partial charge in [0.25, 0.3) is 5.91 Å². The van der Waals surface area contributed by atoms with Gasteiger partial charge in [-0.15, -0.1) is 0 Å². The molecule has 3 saturated heterocycles. The minimum Gasteiger partial charge on any atom is -0.383 e. The number of ether oxygens (including phenoxy) is 1. The van der Waals surface area contributed by atoms with E-state index in [-0.39, 0.29) is 5.91 Å². The molecule has 0 unspecified atom stereocenters. The highest BCUT2D eigenvalue weighted by molar-refractivity contribution is 6.06. The topological polar surface area (TPSA) is 37.7 Å². The maximum Gasteiger partial charge on any atom is 0.255 e. The molecule has 3 fully saturated rings. The van der Waals surface area contributed by atoms with Crippen LogP contribution in [0.3, 0.4) is 0 Å². The van der Waals surface area contributed by atoms with E-state index in [1.54, 1.807) is 12.7 Å². The summed E-state index contributed by atoms with van der Waals surface area (Å²) in [6.07, 6.45) is 12.3. The third-order valence-corrected chi connectivity index (χ3v) is 8.50. The molecule has 170 valence electrons. The molecule has 0 spiro atoms. The number of carbonyl (C=O) groups is 1. The quantitative estimate of drug-likeness (QED) is 0.674. The van der Waals surface area contributed by atoms with Crippen molar-refractivity contribution in [2.24, 2.45) is 11.8 Å². The van der Waals surface area contributed by atoms with Gasteiger partial charge in [0.15, 0.2) is 0 Å². The smallest absolute Gasteiger partial charge is 0.255 e. The molecule has 2 bridgehead atoms. The van der Waals surface area contributed by atoms with Crippen LogP contribution in [0.4, 0.5) is 0 Å². The average molecular weight is 434 g/mol. The number of hydrogen-bond acceptors (Lipinski definition) is 3. The van der Waals surface area contributed by atoms with Crippen molar-refractivity contribution in [1.82, 2.24) is 14.4 Å². The standard InChI is InChI=1S/C27H35N3O2/c1-32-15-14-28-13-10-22-23(7-4-9-25(22)28)27(31)30-12-5-6-19-16-20-17-21(26(19)30)18-29-11-3-2-8-24(20)29/h4,7,9-10,13,16,20-21,24,26H,2-3,5-6,8,11-12,14-15,17-18H2,1H3/t20-,21+,24-,26-/m1/s1. The molecule has 2 aromatic rings. The molecule has 5 nitrogen and oxygen atoms in total. The first-order valence-corrected chi connectivity index (χ1v) is 12.6. The van der Waals surface area contributed by atoms with Crippen LogP contribution >= 0.6 is 0 Å². The maximum atomic E-state index is 14.0. The van der Waals surface area contributed by atoms with Gasteiger partial charge in [-0.25, -0.2) is 0 Å². The van der Waals surface area contributed by atoms with Gasteiger partial charge in [-0.2, -0.15) is 0 Å². The number of aromatic nitrogens is 1. The molecule has 1 aromatic heterocycles. The number of nitrogens with zero attached hydrogens (tertiary/aromatic N) is 3. The minimum atomic E-state index is 0.218. The SMILES string of the molecule is COCCn1ccc2c(C(=O)N3CCCC4=C[C@@H]5C[C@@H](CN6CCCC[C@H]56)[C@@H]43)cccc21. The van der Waals surface area contributed by atoms with Crippen molar-refractivity contribution in [3.05, 3.63) is 47.7 Å². The van der Waals surface area contributed by atoms with E-state index in [0.717, 1.165) is 42.0 Å². The summed E-state index contributed by atoms with van der Waals surface area (Å²) in [4.78, 5) is 19.0. The van der Waals surface area contributed by atoms with E-state index in [1.165, 1.54) is 45.2 Å². The summed E-state index contributed by atoms with van der Waals surface area (Å²) in [6.45, 7) is 4.77. The van der Waals surface area contributed by atoms with Gasteiger partial charge in [-0.1, -0.05) is 24.1 Å². The fraction of sp³-hybridized carbons (Fsp3) is 0.593.